The number of carbonyl (C=O) groups excluding carboxylic acids is 1. The third-order valence-electron chi connectivity index (χ3n) is 3.78. The second kappa shape index (κ2) is 6.57. The summed E-state index contributed by atoms with van der Waals surface area (Å²) in [5.41, 5.74) is 7.59. The van der Waals surface area contributed by atoms with Crippen molar-refractivity contribution in [3.05, 3.63) is 29.8 Å². The lowest BCUT2D eigenvalue weighted by molar-refractivity contribution is -0.132. The number of hydrogen-bond acceptors (Lipinski definition) is 3. The molecular weight excluding hydrogens is 238 g/mol. The molecule has 0 bridgehead atoms. The van der Waals surface area contributed by atoms with E-state index in [9.17, 15) is 4.79 Å². The molecule has 104 valence electrons. The van der Waals surface area contributed by atoms with Gasteiger partial charge in [0.25, 0.3) is 0 Å². The van der Waals surface area contributed by atoms with Crippen LogP contribution in [0.2, 0.25) is 0 Å². The lowest BCUT2D eigenvalue weighted by atomic mass is 10.1. The first kappa shape index (κ1) is 13.9. The zero-order chi connectivity index (χ0) is 13.7. The van der Waals surface area contributed by atoms with Crippen molar-refractivity contribution in [2.45, 2.75) is 19.8 Å². The number of piperazine rings is 1. The number of nitrogens with two attached hydrogens (primary N) is 1. The Morgan fingerprint density at radius 2 is 1.79 bits per heavy atom. The molecule has 1 heterocycles. The lowest BCUT2D eigenvalue weighted by Crippen LogP contribution is -2.48. The molecule has 1 fully saturated rings. The summed E-state index contributed by atoms with van der Waals surface area (Å²) in [7, 11) is 0. The molecule has 0 unspecified atom stereocenters. The molecule has 4 nitrogen and oxygen atoms in total. The van der Waals surface area contributed by atoms with Crippen molar-refractivity contribution in [2.75, 3.05) is 38.5 Å². The largest absolute Gasteiger partial charge is 0.399 e. The molecule has 19 heavy (non-hydrogen) atoms. The molecule has 2 rings (SSSR count). The summed E-state index contributed by atoms with van der Waals surface area (Å²) in [6, 6.07) is 7.77. The number of hydrogen-bond donors (Lipinski definition) is 1. The Kier molecular flexibility index (Phi) is 4.80. The maximum absolute atomic E-state index is 12.1. The second-order valence-corrected chi connectivity index (χ2v) is 5.06. The van der Waals surface area contributed by atoms with Crippen molar-refractivity contribution in [1.82, 2.24) is 9.80 Å². The summed E-state index contributed by atoms with van der Waals surface area (Å²) < 4.78 is 0. The van der Waals surface area contributed by atoms with Crippen molar-refractivity contribution < 1.29 is 4.79 Å². The van der Waals surface area contributed by atoms with E-state index >= 15 is 0 Å². The van der Waals surface area contributed by atoms with Crippen LogP contribution in [-0.2, 0) is 11.2 Å². The van der Waals surface area contributed by atoms with E-state index in [1.54, 1.807) is 0 Å². The molecule has 1 aliphatic rings. The molecule has 0 aromatic heterocycles. The van der Waals surface area contributed by atoms with Crippen LogP contribution in [0.4, 0.5) is 5.69 Å². The van der Waals surface area contributed by atoms with E-state index in [0.717, 1.165) is 44.8 Å². The summed E-state index contributed by atoms with van der Waals surface area (Å²) >= 11 is 0. The number of amides is 1. The van der Waals surface area contributed by atoms with Crippen LogP contribution in [0.3, 0.4) is 0 Å². The van der Waals surface area contributed by atoms with Crippen LogP contribution < -0.4 is 5.73 Å². The average Bonchev–Trinajstić information content (AvgIpc) is 2.46. The van der Waals surface area contributed by atoms with Crippen LogP contribution in [0.5, 0.6) is 0 Å². The first-order valence-electron chi connectivity index (χ1n) is 7.03. The SMILES string of the molecule is CCN1CCN(C(=O)CCc2ccc(N)cc2)CC1. The van der Waals surface area contributed by atoms with Crippen LogP contribution >= 0.6 is 0 Å². The van der Waals surface area contributed by atoms with E-state index < -0.39 is 0 Å². The molecule has 1 aliphatic heterocycles. The number of nitrogen functional groups attached to an aromatic ring is 1. The molecule has 0 radical (unpaired) electrons. The molecule has 0 aliphatic carbocycles. The smallest absolute Gasteiger partial charge is 0.222 e. The minimum atomic E-state index is 0.271. The highest BCUT2D eigenvalue weighted by Crippen LogP contribution is 2.10. The highest BCUT2D eigenvalue weighted by molar-refractivity contribution is 5.76. The zero-order valence-electron chi connectivity index (χ0n) is 11.6. The van der Waals surface area contributed by atoms with E-state index in [-0.39, 0.29) is 5.91 Å². The fraction of sp³-hybridized carbons (Fsp3) is 0.533. The molecule has 1 aromatic carbocycles. The number of anilines is 1. The first-order valence-corrected chi connectivity index (χ1v) is 7.03. The molecule has 1 saturated heterocycles. The van der Waals surface area contributed by atoms with Gasteiger partial charge in [-0.25, -0.2) is 0 Å². The molecule has 0 spiro atoms. The number of carbonyl (C=O) groups is 1. The average molecular weight is 261 g/mol. The van der Waals surface area contributed by atoms with Crippen molar-refractivity contribution >= 4 is 11.6 Å². The van der Waals surface area contributed by atoms with Gasteiger partial charge >= 0.3 is 0 Å². The van der Waals surface area contributed by atoms with Crippen molar-refractivity contribution in [1.29, 1.82) is 0 Å². The number of rotatable bonds is 4. The predicted molar refractivity (Wildman–Crippen MR) is 77.9 cm³/mol. The van der Waals surface area contributed by atoms with Crippen LogP contribution in [0.1, 0.15) is 18.9 Å². The normalized spacial score (nSPS) is 16.6. The summed E-state index contributed by atoms with van der Waals surface area (Å²) in [5, 5.41) is 0. The predicted octanol–water partition coefficient (Wildman–Crippen LogP) is 1.37. The third kappa shape index (κ3) is 3.96. The van der Waals surface area contributed by atoms with Gasteiger partial charge in [0, 0.05) is 38.3 Å². The van der Waals surface area contributed by atoms with Gasteiger partial charge in [0.1, 0.15) is 0 Å². The monoisotopic (exact) mass is 261 g/mol. The lowest BCUT2D eigenvalue weighted by Gasteiger charge is -2.34. The van der Waals surface area contributed by atoms with Gasteiger partial charge in [0.15, 0.2) is 0 Å². The standard InChI is InChI=1S/C15H23N3O/c1-2-17-9-11-18(12-10-17)15(19)8-5-13-3-6-14(16)7-4-13/h3-4,6-7H,2,5,8-12,16H2,1H3. The topological polar surface area (TPSA) is 49.6 Å². The number of aryl methyl sites for hydroxylation is 1. The van der Waals surface area contributed by atoms with E-state index in [2.05, 4.69) is 11.8 Å². The van der Waals surface area contributed by atoms with Gasteiger partial charge in [-0.05, 0) is 30.7 Å². The fourth-order valence-electron chi connectivity index (χ4n) is 2.41. The second-order valence-electron chi connectivity index (χ2n) is 5.06. The van der Waals surface area contributed by atoms with Crippen LogP contribution in [0.25, 0.3) is 0 Å². The Balaban J connectivity index is 1.77. The van der Waals surface area contributed by atoms with Gasteiger partial charge in [0.05, 0.1) is 0 Å². The molecule has 0 atom stereocenters. The summed E-state index contributed by atoms with van der Waals surface area (Å²) in [6.07, 6.45) is 1.39. The van der Waals surface area contributed by atoms with Crippen LogP contribution in [0, 0.1) is 0 Å². The van der Waals surface area contributed by atoms with Crippen molar-refractivity contribution in [2.24, 2.45) is 0 Å². The van der Waals surface area contributed by atoms with Crippen molar-refractivity contribution in [3.8, 4) is 0 Å². The Hall–Kier alpha value is -1.55. The van der Waals surface area contributed by atoms with E-state index in [0.29, 0.717) is 6.42 Å². The van der Waals surface area contributed by atoms with Gasteiger partial charge < -0.3 is 15.5 Å². The van der Waals surface area contributed by atoms with Gasteiger partial charge in [-0.2, -0.15) is 0 Å². The molecule has 2 N–H and O–H groups in total. The quantitative estimate of drug-likeness (QED) is 0.833. The van der Waals surface area contributed by atoms with E-state index in [1.807, 2.05) is 29.2 Å². The zero-order valence-corrected chi connectivity index (χ0v) is 11.6. The Morgan fingerprint density at radius 1 is 1.16 bits per heavy atom. The Morgan fingerprint density at radius 3 is 2.37 bits per heavy atom. The molecule has 1 amide bonds. The van der Waals surface area contributed by atoms with Crippen molar-refractivity contribution in [3.63, 3.8) is 0 Å². The maximum atomic E-state index is 12.1. The summed E-state index contributed by atoms with van der Waals surface area (Å²) in [5.74, 6) is 0.271. The molecule has 0 saturated carbocycles. The minimum Gasteiger partial charge on any atom is -0.399 e. The molecule has 1 aromatic rings. The highest BCUT2D eigenvalue weighted by atomic mass is 16.2. The number of nitrogens with zero attached hydrogens (tertiary/aromatic N) is 2. The van der Waals surface area contributed by atoms with Gasteiger partial charge in [0.2, 0.25) is 5.91 Å². The van der Waals surface area contributed by atoms with Gasteiger partial charge in [-0.3, -0.25) is 4.79 Å². The first-order chi connectivity index (χ1) is 9.19. The van der Waals surface area contributed by atoms with Crippen LogP contribution in [0.15, 0.2) is 24.3 Å². The molecular formula is C15H23N3O. The summed E-state index contributed by atoms with van der Waals surface area (Å²) in [6.45, 7) is 6.99. The van der Waals surface area contributed by atoms with Gasteiger partial charge in [-0.15, -0.1) is 0 Å². The summed E-state index contributed by atoms with van der Waals surface area (Å²) in [4.78, 5) is 16.5. The maximum Gasteiger partial charge on any atom is 0.222 e. The highest BCUT2D eigenvalue weighted by Gasteiger charge is 2.19. The van der Waals surface area contributed by atoms with E-state index in [4.69, 9.17) is 5.73 Å². The van der Waals surface area contributed by atoms with Gasteiger partial charge in [-0.1, -0.05) is 19.1 Å². The van der Waals surface area contributed by atoms with Crippen LogP contribution in [-0.4, -0.2) is 48.4 Å². The number of likely N-dealkylation sites (N-methyl/N-ethyl adjacent to an activating group) is 1. The minimum absolute atomic E-state index is 0.271. The number of benzene rings is 1. The van der Waals surface area contributed by atoms with E-state index in [1.165, 1.54) is 5.56 Å². The fourth-order valence-corrected chi connectivity index (χ4v) is 2.41. The Labute approximate surface area is 115 Å². The Bertz CT molecular complexity index is 408. The molecule has 4 heteroatoms. The third-order valence-corrected chi connectivity index (χ3v) is 3.78.